The molecule has 18 heavy (non-hydrogen) atoms. The van der Waals surface area contributed by atoms with Crippen LogP contribution in [0.25, 0.3) is 0 Å². The minimum absolute atomic E-state index is 0.153. The van der Waals surface area contributed by atoms with E-state index in [1.54, 1.807) is 0 Å². The fourth-order valence-corrected chi connectivity index (χ4v) is 2.81. The van der Waals surface area contributed by atoms with E-state index < -0.39 is 0 Å². The van der Waals surface area contributed by atoms with Gasteiger partial charge < -0.3 is 16.0 Å². The molecule has 0 radical (unpaired) electrons. The summed E-state index contributed by atoms with van der Waals surface area (Å²) in [6, 6.07) is 0. The lowest BCUT2D eigenvalue weighted by atomic mass is 9.95. The number of nitrogens with zero attached hydrogens (tertiary/aromatic N) is 1. The van der Waals surface area contributed by atoms with Gasteiger partial charge in [0.2, 0.25) is 5.91 Å². The van der Waals surface area contributed by atoms with Crippen molar-refractivity contribution in [3.63, 3.8) is 0 Å². The molecule has 0 bridgehead atoms. The van der Waals surface area contributed by atoms with Gasteiger partial charge in [-0.15, -0.1) is 0 Å². The van der Waals surface area contributed by atoms with Crippen molar-refractivity contribution in [2.24, 2.45) is 11.7 Å². The predicted octanol–water partition coefficient (Wildman–Crippen LogP) is 1.35. The summed E-state index contributed by atoms with van der Waals surface area (Å²) < 4.78 is 0. The number of rotatable bonds is 7. The summed E-state index contributed by atoms with van der Waals surface area (Å²) in [7, 11) is 4.23. The molecule has 1 atom stereocenters. The van der Waals surface area contributed by atoms with Gasteiger partial charge in [-0.3, -0.25) is 4.79 Å². The second kappa shape index (κ2) is 7.10. The van der Waals surface area contributed by atoms with Crippen LogP contribution >= 0.6 is 0 Å². The molecule has 1 rings (SSSR count). The van der Waals surface area contributed by atoms with Crippen molar-refractivity contribution in [2.45, 2.75) is 51.0 Å². The Morgan fingerprint density at radius 2 is 2.00 bits per heavy atom. The van der Waals surface area contributed by atoms with Crippen LogP contribution in [0.15, 0.2) is 0 Å². The lowest BCUT2D eigenvalue weighted by Gasteiger charge is -2.36. The number of hydrogen-bond donors (Lipinski definition) is 2. The van der Waals surface area contributed by atoms with E-state index >= 15 is 0 Å². The number of amides is 1. The lowest BCUT2D eigenvalue weighted by Crippen LogP contribution is -2.51. The van der Waals surface area contributed by atoms with Crippen molar-refractivity contribution in [1.82, 2.24) is 10.2 Å². The summed E-state index contributed by atoms with van der Waals surface area (Å²) >= 11 is 0. The summed E-state index contributed by atoms with van der Waals surface area (Å²) in [4.78, 5) is 14.2. The molecule has 1 saturated carbocycles. The minimum Gasteiger partial charge on any atom is -0.354 e. The Labute approximate surface area is 111 Å². The molecular weight excluding hydrogens is 226 g/mol. The van der Waals surface area contributed by atoms with Gasteiger partial charge >= 0.3 is 0 Å². The second-order valence-electron chi connectivity index (χ2n) is 5.82. The molecule has 0 aromatic rings. The van der Waals surface area contributed by atoms with Gasteiger partial charge in [-0.05, 0) is 39.4 Å². The summed E-state index contributed by atoms with van der Waals surface area (Å²) in [5.74, 6) is 0.476. The van der Waals surface area contributed by atoms with Crippen LogP contribution in [0, 0.1) is 5.92 Å². The van der Waals surface area contributed by atoms with E-state index in [4.69, 9.17) is 5.73 Å². The van der Waals surface area contributed by atoms with Crippen LogP contribution in [-0.4, -0.2) is 43.5 Å². The van der Waals surface area contributed by atoms with Crippen molar-refractivity contribution >= 4 is 5.91 Å². The highest BCUT2D eigenvalue weighted by molar-refractivity contribution is 5.76. The van der Waals surface area contributed by atoms with E-state index in [1.807, 2.05) is 0 Å². The van der Waals surface area contributed by atoms with Gasteiger partial charge in [0, 0.05) is 18.5 Å². The molecule has 0 spiro atoms. The zero-order chi connectivity index (χ0) is 13.6. The van der Waals surface area contributed by atoms with E-state index in [2.05, 4.69) is 31.2 Å². The van der Waals surface area contributed by atoms with Crippen molar-refractivity contribution < 1.29 is 4.79 Å². The molecule has 0 aromatic carbocycles. The first-order chi connectivity index (χ1) is 8.54. The van der Waals surface area contributed by atoms with Crippen molar-refractivity contribution in [3.05, 3.63) is 0 Å². The Bertz CT molecular complexity index is 256. The molecule has 1 aliphatic carbocycles. The first kappa shape index (κ1) is 15.4. The highest BCUT2D eigenvalue weighted by Gasteiger charge is 2.36. The van der Waals surface area contributed by atoms with Gasteiger partial charge in [0.25, 0.3) is 0 Å². The summed E-state index contributed by atoms with van der Waals surface area (Å²) in [6.45, 7) is 3.46. The topological polar surface area (TPSA) is 58.4 Å². The Morgan fingerprint density at radius 1 is 1.39 bits per heavy atom. The molecule has 0 aromatic heterocycles. The molecule has 1 aliphatic rings. The molecule has 1 unspecified atom stereocenters. The highest BCUT2D eigenvalue weighted by atomic mass is 16.1. The average Bonchev–Trinajstić information content (AvgIpc) is 2.83. The van der Waals surface area contributed by atoms with Crippen LogP contribution in [-0.2, 0) is 4.79 Å². The lowest BCUT2D eigenvalue weighted by molar-refractivity contribution is -0.122. The van der Waals surface area contributed by atoms with Crippen LogP contribution in [0.5, 0.6) is 0 Å². The molecule has 4 heteroatoms. The van der Waals surface area contributed by atoms with Crippen LogP contribution in [0.1, 0.15) is 45.4 Å². The number of likely N-dealkylation sites (N-methyl/N-ethyl adjacent to an activating group) is 1. The number of carbonyl (C=O) groups excluding carboxylic acids is 1. The quantitative estimate of drug-likeness (QED) is 0.722. The van der Waals surface area contributed by atoms with E-state index in [-0.39, 0.29) is 11.4 Å². The highest BCUT2D eigenvalue weighted by Crippen LogP contribution is 2.33. The number of nitrogens with one attached hydrogen (secondary N) is 1. The first-order valence-corrected chi connectivity index (χ1v) is 7.18. The third-order valence-electron chi connectivity index (χ3n) is 4.48. The smallest absolute Gasteiger partial charge is 0.220 e. The zero-order valence-corrected chi connectivity index (χ0v) is 12.2. The molecule has 0 saturated heterocycles. The summed E-state index contributed by atoms with van der Waals surface area (Å²) in [6.07, 6.45) is 6.46. The van der Waals surface area contributed by atoms with Gasteiger partial charge in [-0.2, -0.15) is 0 Å². The molecular formula is C14H29N3O. The standard InChI is InChI=1S/C14H29N3O/c1-4-12(10-15)9-13(18)16-11-14(17(2)3)7-5-6-8-14/h12H,4-11,15H2,1-3H3,(H,16,18). The third-order valence-corrected chi connectivity index (χ3v) is 4.48. The maximum absolute atomic E-state index is 11.9. The third kappa shape index (κ3) is 3.95. The van der Waals surface area contributed by atoms with Crippen molar-refractivity contribution in [1.29, 1.82) is 0 Å². The number of nitrogens with two attached hydrogens (primary N) is 1. The second-order valence-corrected chi connectivity index (χ2v) is 5.82. The zero-order valence-electron chi connectivity index (χ0n) is 12.2. The maximum Gasteiger partial charge on any atom is 0.220 e. The molecule has 0 aliphatic heterocycles. The van der Waals surface area contributed by atoms with Crippen LogP contribution < -0.4 is 11.1 Å². The SMILES string of the molecule is CCC(CN)CC(=O)NCC1(N(C)C)CCCC1. The molecule has 106 valence electrons. The van der Waals surface area contributed by atoms with Crippen LogP contribution in [0.3, 0.4) is 0 Å². The Kier molecular flexibility index (Phi) is 6.09. The monoisotopic (exact) mass is 255 g/mol. The maximum atomic E-state index is 11.9. The Morgan fingerprint density at radius 3 is 2.44 bits per heavy atom. The molecule has 1 fully saturated rings. The molecule has 0 heterocycles. The van der Waals surface area contributed by atoms with E-state index in [1.165, 1.54) is 25.7 Å². The Balaban J connectivity index is 2.41. The first-order valence-electron chi connectivity index (χ1n) is 7.18. The predicted molar refractivity (Wildman–Crippen MR) is 75.3 cm³/mol. The largest absolute Gasteiger partial charge is 0.354 e. The Hall–Kier alpha value is -0.610. The van der Waals surface area contributed by atoms with Gasteiger partial charge in [0.15, 0.2) is 0 Å². The number of hydrogen-bond acceptors (Lipinski definition) is 3. The molecule has 3 N–H and O–H groups in total. The molecule has 1 amide bonds. The number of carbonyl (C=O) groups is 1. The fraction of sp³-hybridized carbons (Fsp3) is 0.929. The molecule has 4 nitrogen and oxygen atoms in total. The van der Waals surface area contributed by atoms with Gasteiger partial charge in [-0.1, -0.05) is 26.2 Å². The van der Waals surface area contributed by atoms with Gasteiger partial charge in [-0.25, -0.2) is 0 Å². The normalized spacial score (nSPS) is 20.1. The van der Waals surface area contributed by atoms with Crippen molar-refractivity contribution in [2.75, 3.05) is 27.2 Å². The van der Waals surface area contributed by atoms with Crippen LogP contribution in [0.2, 0.25) is 0 Å². The average molecular weight is 255 g/mol. The van der Waals surface area contributed by atoms with Gasteiger partial charge in [0.1, 0.15) is 0 Å². The minimum atomic E-state index is 0.153. The van der Waals surface area contributed by atoms with E-state index in [0.717, 1.165) is 13.0 Å². The van der Waals surface area contributed by atoms with Crippen molar-refractivity contribution in [3.8, 4) is 0 Å². The van der Waals surface area contributed by atoms with E-state index in [9.17, 15) is 4.79 Å². The fourth-order valence-electron chi connectivity index (χ4n) is 2.81. The van der Waals surface area contributed by atoms with Gasteiger partial charge in [0.05, 0.1) is 0 Å². The van der Waals surface area contributed by atoms with Crippen LogP contribution in [0.4, 0.5) is 0 Å². The van der Waals surface area contributed by atoms with E-state index in [0.29, 0.717) is 18.9 Å². The summed E-state index contributed by atoms with van der Waals surface area (Å²) in [5.41, 5.74) is 5.82. The summed E-state index contributed by atoms with van der Waals surface area (Å²) in [5, 5.41) is 3.11.